The van der Waals surface area contributed by atoms with Crippen molar-refractivity contribution in [3.63, 3.8) is 0 Å². The molecule has 4 aliphatic heterocycles. The normalized spacial score (nSPS) is 18.8. The van der Waals surface area contributed by atoms with Crippen LogP contribution in [0.15, 0.2) is 47.5 Å². The molecule has 0 aromatic heterocycles. The van der Waals surface area contributed by atoms with Gasteiger partial charge in [0.2, 0.25) is 5.91 Å². The van der Waals surface area contributed by atoms with Crippen LogP contribution in [0, 0.1) is 0 Å². The number of likely N-dealkylation sites (N-methyl/N-ethyl adjacent to an activating group) is 1. The SMILES string of the molecule is CNC(=O)CN1CCN(C(=O)c2cn(C[C@@H]3CCCO3)cc3c(=O)n(-c4ccccc4)nc2-3)CC1. The van der Waals surface area contributed by atoms with Crippen molar-refractivity contribution in [2.45, 2.75) is 25.5 Å². The lowest BCUT2D eigenvalue weighted by molar-refractivity contribution is -0.122. The molecule has 0 aliphatic carbocycles. The largest absolute Gasteiger partial charge is 0.376 e. The Bertz CT molecular complexity index is 1220. The predicted molar refractivity (Wildman–Crippen MR) is 130 cm³/mol. The highest BCUT2D eigenvalue weighted by Crippen LogP contribution is 2.25. The first-order valence-electron chi connectivity index (χ1n) is 12.1. The summed E-state index contributed by atoms with van der Waals surface area (Å²) in [5.41, 5.74) is 1.63. The molecule has 184 valence electrons. The zero-order valence-corrected chi connectivity index (χ0v) is 19.9. The van der Waals surface area contributed by atoms with Gasteiger partial charge < -0.3 is 19.5 Å². The summed E-state index contributed by atoms with van der Waals surface area (Å²) < 4.78 is 9.04. The van der Waals surface area contributed by atoms with Gasteiger partial charge in [-0.2, -0.15) is 9.78 Å². The molecular formula is C25H30N6O4. The molecule has 35 heavy (non-hydrogen) atoms. The number of nitrogens with one attached hydrogen (secondary N) is 1. The molecule has 0 radical (unpaired) electrons. The van der Waals surface area contributed by atoms with E-state index < -0.39 is 0 Å². The molecule has 0 saturated carbocycles. The van der Waals surface area contributed by atoms with Crippen LogP contribution < -0.4 is 10.9 Å². The van der Waals surface area contributed by atoms with Crippen molar-refractivity contribution in [3.05, 3.63) is 58.6 Å². The Labute approximate surface area is 203 Å². The number of hydrogen-bond acceptors (Lipinski definition) is 6. The van der Waals surface area contributed by atoms with Gasteiger partial charge in [0, 0.05) is 58.8 Å². The van der Waals surface area contributed by atoms with Crippen LogP contribution >= 0.6 is 0 Å². The van der Waals surface area contributed by atoms with E-state index in [1.807, 2.05) is 39.8 Å². The van der Waals surface area contributed by atoms with Crippen molar-refractivity contribution in [1.82, 2.24) is 29.5 Å². The summed E-state index contributed by atoms with van der Waals surface area (Å²) in [5.74, 6) is -0.201. The molecule has 10 heteroatoms. The predicted octanol–water partition coefficient (Wildman–Crippen LogP) is 0.822. The number of rotatable bonds is 6. The number of fused-ring (bicyclic) bond motifs is 1. The number of para-hydroxylation sites is 1. The first-order valence-corrected chi connectivity index (χ1v) is 12.1. The second-order valence-corrected chi connectivity index (χ2v) is 9.06. The van der Waals surface area contributed by atoms with Crippen molar-refractivity contribution in [2.24, 2.45) is 0 Å². The number of carbonyl (C=O) groups is 2. The van der Waals surface area contributed by atoms with E-state index in [0.29, 0.717) is 61.8 Å². The second-order valence-electron chi connectivity index (χ2n) is 9.06. The molecule has 1 N–H and O–H groups in total. The van der Waals surface area contributed by atoms with Gasteiger partial charge in [-0.3, -0.25) is 19.3 Å². The van der Waals surface area contributed by atoms with Crippen molar-refractivity contribution in [2.75, 3.05) is 46.4 Å². The van der Waals surface area contributed by atoms with Crippen LogP contribution in [0.3, 0.4) is 0 Å². The van der Waals surface area contributed by atoms with Gasteiger partial charge in [-0.05, 0) is 25.0 Å². The van der Waals surface area contributed by atoms with E-state index in [9.17, 15) is 14.4 Å². The number of pyridine rings is 1. The molecule has 0 unspecified atom stereocenters. The molecule has 1 atom stereocenters. The summed E-state index contributed by atoms with van der Waals surface area (Å²) in [4.78, 5) is 42.5. The van der Waals surface area contributed by atoms with Crippen LogP contribution in [-0.4, -0.2) is 88.4 Å². The first kappa shape index (κ1) is 23.3. The Morgan fingerprint density at radius 3 is 2.57 bits per heavy atom. The molecule has 1 aromatic rings. The molecule has 2 saturated heterocycles. The van der Waals surface area contributed by atoms with Crippen molar-refractivity contribution in [1.29, 1.82) is 0 Å². The summed E-state index contributed by atoms with van der Waals surface area (Å²) >= 11 is 0. The molecule has 10 nitrogen and oxygen atoms in total. The van der Waals surface area contributed by atoms with Crippen molar-refractivity contribution >= 4 is 11.8 Å². The summed E-state index contributed by atoms with van der Waals surface area (Å²) in [6.07, 6.45) is 5.61. The Hall–Kier alpha value is -3.50. The maximum Gasteiger partial charge on any atom is 0.282 e. The van der Waals surface area contributed by atoms with E-state index in [0.717, 1.165) is 19.4 Å². The molecular weight excluding hydrogens is 448 g/mol. The quantitative estimate of drug-likeness (QED) is 0.563. The van der Waals surface area contributed by atoms with Gasteiger partial charge in [-0.25, -0.2) is 0 Å². The van der Waals surface area contributed by atoms with Gasteiger partial charge in [0.1, 0.15) is 5.69 Å². The molecule has 2 amide bonds. The fraction of sp³-hybridized carbons (Fsp3) is 0.440. The summed E-state index contributed by atoms with van der Waals surface area (Å²) in [6.45, 7) is 3.84. The number of carbonyl (C=O) groups excluding carboxylic acids is 2. The molecule has 5 rings (SSSR count). The number of aromatic nitrogens is 3. The third-order valence-electron chi connectivity index (χ3n) is 6.70. The monoisotopic (exact) mass is 478 g/mol. The highest BCUT2D eigenvalue weighted by molar-refractivity contribution is 6.00. The average Bonchev–Trinajstić information content (AvgIpc) is 3.52. The van der Waals surface area contributed by atoms with Gasteiger partial charge in [0.25, 0.3) is 11.5 Å². The molecule has 4 heterocycles. The Kier molecular flexibility index (Phi) is 6.65. The molecule has 0 bridgehead atoms. The number of hydrogen-bond donors (Lipinski definition) is 1. The topological polar surface area (TPSA) is 102 Å². The van der Waals surface area contributed by atoms with Gasteiger partial charge in [0.05, 0.1) is 29.5 Å². The number of benzene rings is 1. The van der Waals surface area contributed by atoms with E-state index in [4.69, 9.17) is 4.74 Å². The van der Waals surface area contributed by atoms with Crippen LogP contribution in [0.5, 0.6) is 0 Å². The van der Waals surface area contributed by atoms with Gasteiger partial charge in [-0.15, -0.1) is 0 Å². The highest BCUT2D eigenvalue weighted by Gasteiger charge is 2.30. The smallest absolute Gasteiger partial charge is 0.282 e. The lowest BCUT2D eigenvalue weighted by Crippen LogP contribution is -2.51. The maximum atomic E-state index is 13.7. The third kappa shape index (κ3) is 4.85. The van der Waals surface area contributed by atoms with E-state index >= 15 is 0 Å². The Balaban J connectivity index is 1.47. The average molecular weight is 479 g/mol. The van der Waals surface area contributed by atoms with E-state index in [1.54, 1.807) is 24.3 Å². The van der Waals surface area contributed by atoms with E-state index in [2.05, 4.69) is 10.4 Å². The molecule has 2 fully saturated rings. The van der Waals surface area contributed by atoms with Gasteiger partial charge in [-0.1, -0.05) is 18.2 Å². The van der Waals surface area contributed by atoms with E-state index in [-0.39, 0.29) is 23.5 Å². The van der Waals surface area contributed by atoms with Crippen molar-refractivity contribution in [3.8, 4) is 16.9 Å². The summed E-state index contributed by atoms with van der Waals surface area (Å²) in [6, 6.07) is 9.22. The fourth-order valence-electron chi connectivity index (χ4n) is 4.75. The van der Waals surface area contributed by atoms with Crippen LogP contribution in [0.25, 0.3) is 16.9 Å². The van der Waals surface area contributed by atoms with Gasteiger partial charge in [0.15, 0.2) is 0 Å². The Morgan fingerprint density at radius 1 is 1.11 bits per heavy atom. The third-order valence-corrected chi connectivity index (χ3v) is 6.70. The number of ether oxygens (including phenoxy) is 1. The van der Waals surface area contributed by atoms with Crippen LogP contribution in [0.2, 0.25) is 0 Å². The summed E-state index contributed by atoms with van der Waals surface area (Å²) in [7, 11) is 1.62. The number of piperazine rings is 1. The fourth-order valence-corrected chi connectivity index (χ4v) is 4.75. The first-order chi connectivity index (χ1) is 17.0. The van der Waals surface area contributed by atoms with Crippen LogP contribution in [0.1, 0.15) is 23.2 Å². The van der Waals surface area contributed by atoms with Crippen molar-refractivity contribution < 1.29 is 14.3 Å². The highest BCUT2D eigenvalue weighted by atomic mass is 16.5. The number of amides is 2. The minimum Gasteiger partial charge on any atom is -0.376 e. The lowest BCUT2D eigenvalue weighted by Gasteiger charge is -2.34. The minimum absolute atomic E-state index is 0.0425. The maximum absolute atomic E-state index is 13.7. The molecule has 4 aliphatic rings. The van der Waals surface area contributed by atoms with Gasteiger partial charge >= 0.3 is 0 Å². The zero-order chi connectivity index (χ0) is 24.4. The van der Waals surface area contributed by atoms with E-state index in [1.165, 1.54) is 4.68 Å². The van der Waals surface area contributed by atoms with Crippen LogP contribution in [-0.2, 0) is 16.1 Å². The minimum atomic E-state index is -0.252. The zero-order valence-electron chi connectivity index (χ0n) is 19.9. The van der Waals surface area contributed by atoms with Crippen LogP contribution in [0.4, 0.5) is 0 Å². The second kappa shape index (κ2) is 10.0. The standard InChI is InChI=1S/C25H30N6O4/c1-26-22(32)17-28-9-11-30(12-10-28)24(33)20-15-29(14-19-8-5-13-35-19)16-21-23(20)27-31(25(21)34)18-6-3-2-4-7-18/h2-4,6-7,15-16,19H,5,8-14,17H2,1H3,(H,26,32)/t19-/m0/s1. The lowest BCUT2D eigenvalue weighted by atomic mass is 10.1. The molecule has 0 spiro atoms. The number of nitrogens with zero attached hydrogens (tertiary/aromatic N) is 5. The molecule has 1 aromatic carbocycles. The summed E-state index contributed by atoms with van der Waals surface area (Å²) in [5, 5.41) is 7.22. The Morgan fingerprint density at radius 2 is 1.89 bits per heavy atom.